The van der Waals surface area contributed by atoms with Crippen molar-refractivity contribution in [2.75, 3.05) is 5.73 Å². The molecule has 0 saturated carbocycles. The first kappa shape index (κ1) is 13.3. The van der Waals surface area contributed by atoms with Gasteiger partial charge in [-0.2, -0.15) is 0 Å². The second-order valence-corrected chi connectivity index (χ2v) is 4.10. The third-order valence-electron chi connectivity index (χ3n) is 2.67. The molecule has 0 radical (unpaired) electrons. The molecule has 12 heteroatoms. The number of hydrogen-bond donors (Lipinski definition) is 6. The van der Waals surface area contributed by atoms with Gasteiger partial charge in [-0.3, -0.25) is 24.7 Å². The van der Waals surface area contributed by atoms with Crippen molar-refractivity contribution in [3.63, 3.8) is 0 Å². The molecular formula is C10H9N9O3. The zero-order chi connectivity index (χ0) is 15.7. The van der Waals surface area contributed by atoms with Gasteiger partial charge in [0.05, 0.1) is 6.33 Å². The van der Waals surface area contributed by atoms with Gasteiger partial charge in [-0.25, -0.2) is 24.5 Å². The van der Waals surface area contributed by atoms with Gasteiger partial charge in [-0.05, 0) is 0 Å². The van der Waals surface area contributed by atoms with E-state index in [0.29, 0.717) is 17.0 Å². The topological polar surface area (TPSA) is 195 Å². The van der Waals surface area contributed by atoms with Crippen LogP contribution in [0.5, 0.6) is 0 Å². The lowest BCUT2D eigenvalue weighted by Gasteiger charge is -1.89. The van der Waals surface area contributed by atoms with E-state index in [-0.39, 0.29) is 11.2 Å². The van der Waals surface area contributed by atoms with Gasteiger partial charge in [0.1, 0.15) is 23.0 Å². The molecule has 12 nitrogen and oxygen atoms in total. The number of anilines is 1. The lowest BCUT2D eigenvalue weighted by Crippen LogP contribution is -2.21. The van der Waals surface area contributed by atoms with Crippen LogP contribution < -0.4 is 22.7 Å². The SMILES string of the molecule is Nc1ncnc2nc[nH]c12.O=c1[nH]c(=O)c2[nH]c(=O)[nH]c2[nH]1. The van der Waals surface area contributed by atoms with E-state index < -0.39 is 16.9 Å². The van der Waals surface area contributed by atoms with Crippen molar-refractivity contribution in [2.45, 2.75) is 0 Å². The van der Waals surface area contributed by atoms with Gasteiger partial charge in [0.2, 0.25) is 0 Å². The number of nitrogens with one attached hydrogen (secondary N) is 5. The first-order valence-electron chi connectivity index (χ1n) is 5.89. The molecule has 7 N–H and O–H groups in total. The second-order valence-electron chi connectivity index (χ2n) is 4.10. The fourth-order valence-electron chi connectivity index (χ4n) is 1.74. The molecule has 0 aromatic carbocycles. The van der Waals surface area contributed by atoms with E-state index in [1.54, 1.807) is 0 Å². The Bertz CT molecular complexity index is 1110. The molecule has 0 aliphatic heterocycles. The number of rotatable bonds is 0. The molecule has 0 fully saturated rings. The fourth-order valence-corrected chi connectivity index (χ4v) is 1.74. The zero-order valence-electron chi connectivity index (χ0n) is 10.8. The number of H-pyrrole nitrogens is 5. The summed E-state index contributed by atoms with van der Waals surface area (Å²) < 4.78 is 0. The van der Waals surface area contributed by atoms with Crippen molar-refractivity contribution in [1.29, 1.82) is 0 Å². The van der Waals surface area contributed by atoms with Gasteiger partial charge in [0.15, 0.2) is 11.5 Å². The molecule has 0 bridgehead atoms. The summed E-state index contributed by atoms with van der Waals surface area (Å²) in [7, 11) is 0. The second kappa shape index (κ2) is 5.01. The Morgan fingerprint density at radius 2 is 1.59 bits per heavy atom. The van der Waals surface area contributed by atoms with Crippen LogP contribution in [-0.4, -0.2) is 39.9 Å². The molecule has 0 saturated heterocycles. The van der Waals surface area contributed by atoms with Crippen molar-refractivity contribution in [2.24, 2.45) is 0 Å². The lowest BCUT2D eigenvalue weighted by molar-refractivity contribution is 1.07. The van der Waals surface area contributed by atoms with Crippen LogP contribution in [-0.2, 0) is 0 Å². The van der Waals surface area contributed by atoms with Crippen molar-refractivity contribution in [3.8, 4) is 0 Å². The van der Waals surface area contributed by atoms with Crippen LogP contribution in [0.4, 0.5) is 5.82 Å². The van der Waals surface area contributed by atoms with Crippen molar-refractivity contribution in [3.05, 3.63) is 44.0 Å². The summed E-state index contributed by atoms with van der Waals surface area (Å²) in [5.74, 6) is 0.433. The highest BCUT2D eigenvalue weighted by atomic mass is 16.2. The number of nitrogen functional groups attached to an aromatic ring is 1. The predicted molar refractivity (Wildman–Crippen MR) is 76.3 cm³/mol. The molecule has 4 aromatic heterocycles. The van der Waals surface area contributed by atoms with Crippen molar-refractivity contribution in [1.82, 2.24) is 39.9 Å². The summed E-state index contributed by atoms with van der Waals surface area (Å²) in [6, 6.07) is 0. The number of fused-ring (bicyclic) bond motifs is 2. The molecule has 4 aromatic rings. The molecule has 4 rings (SSSR count). The normalized spacial score (nSPS) is 10.5. The standard InChI is InChI=1S/C5H5N5.C5H4N4O3/c6-4-3-5(9-1-7-3)10-2-8-4;10-3-1-2(7-4(11)6-1)8-5(12)9-3/h1-2H,(H3,6,7,8,9,10);(H4,6,7,8,9,10,11,12). The first-order valence-corrected chi connectivity index (χ1v) is 5.89. The monoisotopic (exact) mass is 303 g/mol. The maximum absolute atomic E-state index is 10.9. The third-order valence-corrected chi connectivity index (χ3v) is 2.67. The zero-order valence-corrected chi connectivity index (χ0v) is 10.8. The summed E-state index contributed by atoms with van der Waals surface area (Å²) in [5, 5.41) is 0. The van der Waals surface area contributed by atoms with E-state index in [1.807, 2.05) is 4.98 Å². The predicted octanol–water partition coefficient (Wildman–Crippen LogP) is -1.83. The van der Waals surface area contributed by atoms with Crippen LogP contribution in [0.1, 0.15) is 0 Å². The molecular weight excluding hydrogens is 294 g/mol. The highest BCUT2D eigenvalue weighted by molar-refractivity contribution is 5.80. The number of hydrogen-bond acceptors (Lipinski definition) is 7. The number of nitrogens with zero attached hydrogens (tertiary/aromatic N) is 3. The van der Waals surface area contributed by atoms with Gasteiger partial charge >= 0.3 is 11.4 Å². The third kappa shape index (κ3) is 2.35. The van der Waals surface area contributed by atoms with E-state index in [0.717, 1.165) is 0 Å². The molecule has 0 spiro atoms. The van der Waals surface area contributed by atoms with Crippen LogP contribution in [0, 0.1) is 0 Å². The average molecular weight is 303 g/mol. The minimum Gasteiger partial charge on any atom is -0.382 e. The highest BCUT2D eigenvalue weighted by Gasteiger charge is 2.02. The van der Waals surface area contributed by atoms with Gasteiger partial charge in [-0.1, -0.05) is 0 Å². The summed E-state index contributed by atoms with van der Waals surface area (Å²) in [4.78, 5) is 55.3. The largest absolute Gasteiger partial charge is 0.382 e. The van der Waals surface area contributed by atoms with Gasteiger partial charge in [0.25, 0.3) is 5.56 Å². The lowest BCUT2D eigenvalue weighted by atomic mass is 10.5. The maximum atomic E-state index is 10.9. The molecule has 0 atom stereocenters. The molecule has 22 heavy (non-hydrogen) atoms. The van der Waals surface area contributed by atoms with Crippen LogP contribution >= 0.6 is 0 Å². The Morgan fingerprint density at radius 1 is 0.864 bits per heavy atom. The average Bonchev–Trinajstić information content (AvgIpc) is 3.06. The Morgan fingerprint density at radius 3 is 2.32 bits per heavy atom. The van der Waals surface area contributed by atoms with Crippen molar-refractivity contribution >= 4 is 28.1 Å². The van der Waals surface area contributed by atoms with E-state index in [9.17, 15) is 14.4 Å². The summed E-state index contributed by atoms with van der Waals surface area (Å²) in [5.41, 5.74) is 5.13. The summed E-state index contributed by atoms with van der Waals surface area (Å²) in [6.07, 6.45) is 2.92. The Labute approximate surface area is 118 Å². The van der Waals surface area contributed by atoms with Gasteiger partial charge < -0.3 is 10.7 Å². The maximum Gasteiger partial charge on any atom is 0.327 e. The Kier molecular flexibility index (Phi) is 3.02. The van der Waals surface area contributed by atoms with Crippen LogP contribution in [0.2, 0.25) is 0 Å². The van der Waals surface area contributed by atoms with Crippen LogP contribution in [0.15, 0.2) is 27.0 Å². The minimum atomic E-state index is -0.650. The molecule has 0 aliphatic rings. The van der Waals surface area contributed by atoms with Gasteiger partial charge in [-0.15, -0.1) is 0 Å². The highest BCUT2D eigenvalue weighted by Crippen LogP contribution is 2.09. The smallest absolute Gasteiger partial charge is 0.327 e. The Hall–Kier alpha value is -3.70. The number of imidazole rings is 2. The number of aromatic amines is 5. The van der Waals surface area contributed by atoms with Gasteiger partial charge in [0, 0.05) is 0 Å². The van der Waals surface area contributed by atoms with E-state index >= 15 is 0 Å². The first-order chi connectivity index (χ1) is 10.5. The van der Waals surface area contributed by atoms with Crippen molar-refractivity contribution < 1.29 is 0 Å². The molecule has 0 aliphatic carbocycles. The van der Waals surface area contributed by atoms with E-state index in [4.69, 9.17) is 5.73 Å². The van der Waals surface area contributed by atoms with E-state index in [2.05, 4.69) is 34.9 Å². The fraction of sp³-hybridized carbons (Fsp3) is 0. The minimum absolute atomic E-state index is 0.0413. The van der Waals surface area contributed by atoms with Crippen LogP contribution in [0.3, 0.4) is 0 Å². The van der Waals surface area contributed by atoms with E-state index in [1.165, 1.54) is 12.7 Å². The molecule has 0 amide bonds. The Balaban J connectivity index is 0.000000133. The quantitative estimate of drug-likeness (QED) is 0.219. The number of aromatic nitrogens is 8. The molecule has 4 heterocycles. The summed E-state index contributed by atoms with van der Waals surface area (Å²) in [6.45, 7) is 0. The van der Waals surface area contributed by atoms with Crippen LogP contribution in [0.25, 0.3) is 22.3 Å². The summed E-state index contributed by atoms with van der Waals surface area (Å²) >= 11 is 0. The molecule has 112 valence electrons. The number of nitrogens with two attached hydrogens (primary N) is 1. The molecule has 0 unspecified atom stereocenters.